The SMILES string of the molecule is COc1cc(C=CC(=O)OC[C@@H]2O[C@H](O)[C@H](O[C@@H]3OC[C@@H](O)[C@H](O)[C@H]3O[C@@H]3O[C@@H](CO)[C@@H](O)[C@@H](O)[C@@H]3O)[C@H]2O)ccc1O. The number of aromatic hydroxyl groups is 1. The van der Waals surface area contributed by atoms with Crippen molar-refractivity contribution < 1.29 is 83.9 Å². The molecule has 3 heterocycles. The fourth-order valence-electron chi connectivity index (χ4n) is 4.70. The van der Waals surface area contributed by atoms with Gasteiger partial charge in [-0.3, -0.25) is 0 Å². The summed E-state index contributed by atoms with van der Waals surface area (Å²) in [5.41, 5.74) is 0.521. The van der Waals surface area contributed by atoms with Gasteiger partial charge in [0.2, 0.25) is 0 Å². The number of hydrogen-bond donors (Lipinski definition) is 9. The summed E-state index contributed by atoms with van der Waals surface area (Å²) in [6.07, 6.45) is -18.5. The number of aliphatic hydroxyl groups excluding tert-OH is 8. The number of benzene rings is 1. The second-order valence-electron chi connectivity index (χ2n) is 10.1. The minimum atomic E-state index is -1.85. The fourth-order valence-corrected chi connectivity index (χ4v) is 4.70. The Kier molecular flexibility index (Phi) is 11.3. The second kappa shape index (κ2) is 14.5. The van der Waals surface area contributed by atoms with Gasteiger partial charge in [-0.05, 0) is 23.8 Å². The van der Waals surface area contributed by atoms with E-state index >= 15 is 0 Å². The molecule has 3 aliphatic heterocycles. The number of carbonyl (C=O) groups excluding carboxylic acids is 1. The molecule has 17 heteroatoms. The monoisotopic (exact) mass is 620 g/mol. The number of phenolic OH excluding ortho intramolecular Hbond substituents is 1. The molecule has 1 aromatic carbocycles. The van der Waals surface area contributed by atoms with Gasteiger partial charge in [-0.15, -0.1) is 0 Å². The molecule has 0 aromatic heterocycles. The molecule has 4 rings (SSSR count). The number of esters is 1. The van der Waals surface area contributed by atoms with Crippen molar-refractivity contribution in [1.82, 2.24) is 0 Å². The Labute approximate surface area is 244 Å². The summed E-state index contributed by atoms with van der Waals surface area (Å²) in [7, 11) is 1.37. The molecule has 0 unspecified atom stereocenters. The number of aliphatic hydroxyl groups is 8. The third-order valence-corrected chi connectivity index (χ3v) is 7.18. The van der Waals surface area contributed by atoms with E-state index in [9.17, 15) is 50.8 Å². The summed E-state index contributed by atoms with van der Waals surface area (Å²) in [6, 6.07) is 4.39. The number of phenols is 1. The minimum absolute atomic E-state index is 0.0824. The highest BCUT2D eigenvalue weighted by molar-refractivity contribution is 5.87. The molecule has 17 nitrogen and oxygen atoms in total. The summed E-state index contributed by atoms with van der Waals surface area (Å²) in [4.78, 5) is 12.2. The van der Waals surface area contributed by atoms with Crippen LogP contribution in [0.4, 0.5) is 0 Å². The van der Waals surface area contributed by atoms with Gasteiger partial charge in [-0.1, -0.05) is 6.07 Å². The predicted molar refractivity (Wildman–Crippen MR) is 137 cm³/mol. The third kappa shape index (κ3) is 7.60. The highest BCUT2D eigenvalue weighted by Gasteiger charge is 2.52. The van der Waals surface area contributed by atoms with E-state index < -0.39 is 106 Å². The van der Waals surface area contributed by atoms with Crippen LogP contribution in [-0.2, 0) is 33.2 Å². The first-order chi connectivity index (χ1) is 20.4. The molecule has 43 heavy (non-hydrogen) atoms. The molecule has 0 bridgehead atoms. The first-order valence-corrected chi connectivity index (χ1v) is 13.3. The van der Waals surface area contributed by atoms with Crippen LogP contribution in [0, 0.1) is 0 Å². The van der Waals surface area contributed by atoms with E-state index in [2.05, 4.69) is 0 Å². The Balaban J connectivity index is 1.36. The van der Waals surface area contributed by atoms with Crippen molar-refractivity contribution in [1.29, 1.82) is 0 Å². The molecule has 3 aliphatic rings. The van der Waals surface area contributed by atoms with Crippen LogP contribution in [0.15, 0.2) is 24.3 Å². The average molecular weight is 621 g/mol. The molecule has 13 atom stereocenters. The van der Waals surface area contributed by atoms with Gasteiger partial charge in [0, 0.05) is 6.08 Å². The van der Waals surface area contributed by atoms with Crippen LogP contribution in [0.3, 0.4) is 0 Å². The van der Waals surface area contributed by atoms with Crippen LogP contribution in [0.5, 0.6) is 11.5 Å². The van der Waals surface area contributed by atoms with E-state index in [0.717, 1.165) is 6.08 Å². The van der Waals surface area contributed by atoms with Crippen molar-refractivity contribution in [2.24, 2.45) is 0 Å². The topological polar surface area (TPSA) is 264 Å². The van der Waals surface area contributed by atoms with E-state index in [4.69, 9.17) is 33.2 Å². The van der Waals surface area contributed by atoms with Gasteiger partial charge in [-0.2, -0.15) is 0 Å². The van der Waals surface area contributed by atoms with Crippen molar-refractivity contribution in [2.45, 2.75) is 79.9 Å². The molecule has 9 N–H and O–H groups in total. The molecule has 0 spiro atoms. The van der Waals surface area contributed by atoms with E-state index in [1.165, 1.54) is 31.4 Å². The lowest BCUT2D eigenvalue weighted by Gasteiger charge is -2.44. The molecule has 0 amide bonds. The Hall–Kier alpha value is -2.49. The second-order valence-corrected chi connectivity index (χ2v) is 10.1. The minimum Gasteiger partial charge on any atom is -0.504 e. The number of methoxy groups -OCH3 is 1. The molecule has 1 aromatic rings. The van der Waals surface area contributed by atoms with Gasteiger partial charge < -0.3 is 79.1 Å². The van der Waals surface area contributed by atoms with Crippen molar-refractivity contribution >= 4 is 12.0 Å². The summed E-state index contributed by atoms with van der Waals surface area (Å²) in [6.45, 7) is -1.71. The standard InChI is InChI=1S/C26H36O17/c1-37-13-6-10(2-4-11(13)28)3-5-16(30)38-9-15-19(33)22(24(36)40-15)42-26-23(17(31)12(29)8-39-26)43-25-21(35)20(34)18(32)14(7-27)41-25/h2-6,12,14-15,17-29,31-36H,7-9H2,1H3/t12-,14+,15+,17+,18-,19+,20-,21+,22-,23-,24+,25+,26+/m1/s1. The molecular formula is C26H36O17. The summed E-state index contributed by atoms with van der Waals surface area (Å²) >= 11 is 0. The smallest absolute Gasteiger partial charge is 0.330 e. The first kappa shape index (κ1) is 33.4. The quantitative estimate of drug-likeness (QED) is 0.0884. The number of ether oxygens (including phenoxy) is 7. The number of hydrogen-bond acceptors (Lipinski definition) is 17. The predicted octanol–water partition coefficient (Wildman–Crippen LogP) is -4.32. The van der Waals surface area contributed by atoms with Crippen molar-refractivity contribution in [3.8, 4) is 11.5 Å². The van der Waals surface area contributed by atoms with Crippen LogP contribution in [-0.4, -0.2) is 159 Å². The zero-order valence-electron chi connectivity index (χ0n) is 22.8. The van der Waals surface area contributed by atoms with Gasteiger partial charge in [-0.25, -0.2) is 4.79 Å². The Morgan fingerprint density at radius 2 is 1.63 bits per heavy atom. The lowest BCUT2D eigenvalue weighted by molar-refractivity contribution is -0.365. The van der Waals surface area contributed by atoms with Crippen LogP contribution in [0.2, 0.25) is 0 Å². The maximum atomic E-state index is 12.2. The van der Waals surface area contributed by atoms with Gasteiger partial charge in [0.15, 0.2) is 30.4 Å². The van der Waals surface area contributed by atoms with Crippen LogP contribution < -0.4 is 4.74 Å². The highest BCUT2D eigenvalue weighted by atomic mass is 16.8. The summed E-state index contributed by atoms with van der Waals surface area (Å²) in [5, 5.41) is 91.2. The van der Waals surface area contributed by atoms with Crippen molar-refractivity contribution in [3.05, 3.63) is 29.8 Å². The van der Waals surface area contributed by atoms with Crippen molar-refractivity contribution in [3.63, 3.8) is 0 Å². The highest BCUT2D eigenvalue weighted by Crippen LogP contribution is 2.31. The Morgan fingerprint density at radius 1 is 0.907 bits per heavy atom. The maximum absolute atomic E-state index is 12.2. The fraction of sp³-hybridized carbons (Fsp3) is 0.654. The number of rotatable bonds is 10. The molecule has 0 radical (unpaired) electrons. The van der Waals surface area contributed by atoms with Gasteiger partial charge in [0.25, 0.3) is 0 Å². The lowest BCUT2D eigenvalue weighted by Crippen LogP contribution is -2.63. The van der Waals surface area contributed by atoms with Crippen LogP contribution >= 0.6 is 0 Å². The van der Waals surface area contributed by atoms with Gasteiger partial charge in [0.1, 0.15) is 67.6 Å². The molecule has 0 aliphatic carbocycles. The Morgan fingerprint density at radius 3 is 2.33 bits per heavy atom. The van der Waals surface area contributed by atoms with E-state index in [1.807, 2.05) is 0 Å². The summed E-state index contributed by atoms with van der Waals surface area (Å²) in [5.74, 6) is -0.703. The van der Waals surface area contributed by atoms with Crippen LogP contribution in [0.1, 0.15) is 5.56 Å². The van der Waals surface area contributed by atoms with E-state index in [1.54, 1.807) is 0 Å². The largest absolute Gasteiger partial charge is 0.504 e. The third-order valence-electron chi connectivity index (χ3n) is 7.18. The molecular weight excluding hydrogens is 584 g/mol. The first-order valence-electron chi connectivity index (χ1n) is 13.3. The molecule has 0 saturated carbocycles. The van der Waals surface area contributed by atoms with E-state index in [0.29, 0.717) is 5.56 Å². The normalized spacial score (nSPS) is 40.1. The van der Waals surface area contributed by atoms with E-state index in [-0.39, 0.29) is 11.5 Å². The van der Waals surface area contributed by atoms with Crippen LogP contribution in [0.25, 0.3) is 6.08 Å². The zero-order chi connectivity index (χ0) is 31.4. The molecule has 3 saturated heterocycles. The van der Waals surface area contributed by atoms with Gasteiger partial charge in [0.05, 0.1) is 20.3 Å². The zero-order valence-corrected chi connectivity index (χ0v) is 22.8. The number of carbonyl (C=O) groups is 1. The average Bonchev–Trinajstić information content (AvgIpc) is 3.26. The molecule has 3 fully saturated rings. The summed E-state index contributed by atoms with van der Waals surface area (Å²) < 4.78 is 37.2. The Bertz CT molecular complexity index is 1100. The molecule has 242 valence electrons. The lowest BCUT2D eigenvalue weighted by atomic mass is 9.99. The maximum Gasteiger partial charge on any atom is 0.330 e. The van der Waals surface area contributed by atoms with Gasteiger partial charge >= 0.3 is 5.97 Å². The van der Waals surface area contributed by atoms with Crippen molar-refractivity contribution in [2.75, 3.05) is 26.9 Å².